The lowest BCUT2D eigenvalue weighted by Gasteiger charge is -2.05. The van der Waals surface area contributed by atoms with Crippen LogP contribution in [0.5, 0.6) is 0 Å². The minimum atomic E-state index is 0.703. The van der Waals surface area contributed by atoms with Gasteiger partial charge in [-0.25, -0.2) is 0 Å². The van der Waals surface area contributed by atoms with E-state index in [9.17, 15) is 0 Å². The lowest BCUT2D eigenvalue weighted by atomic mass is 10.3. The predicted octanol–water partition coefficient (Wildman–Crippen LogP) is 3.86. The summed E-state index contributed by atoms with van der Waals surface area (Å²) in [7, 11) is 0. The molecule has 0 spiro atoms. The number of hydrogen-bond donors (Lipinski definition) is 1. The second-order valence-corrected chi connectivity index (χ2v) is 4.21. The second kappa shape index (κ2) is 4.21. The average Bonchev–Trinajstić information content (AvgIpc) is 1.94. The molecule has 4 heteroatoms. The zero-order valence-electron chi connectivity index (χ0n) is 6.40. The van der Waals surface area contributed by atoms with Gasteiger partial charge in [-0.1, -0.05) is 23.8 Å². The Balaban J connectivity index is 2.93. The van der Waals surface area contributed by atoms with Crippen molar-refractivity contribution in [2.75, 3.05) is 5.32 Å². The normalized spacial score (nSPS) is 9.58. The standard InChI is InChI=1S/C8H7BrClNS/c1-5(12)11-8-3-2-6(10)4-7(8)9/h2-4H,1H3,(H,11,12). The van der Waals surface area contributed by atoms with Gasteiger partial charge in [-0.2, -0.15) is 0 Å². The summed E-state index contributed by atoms with van der Waals surface area (Å²) in [5.41, 5.74) is 0.937. The molecule has 64 valence electrons. The highest BCUT2D eigenvalue weighted by Crippen LogP contribution is 2.25. The topological polar surface area (TPSA) is 12.0 Å². The van der Waals surface area contributed by atoms with Gasteiger partial charge in [0.1, 0.15) is 0 Å². The highest BCUT2D eigenvalue weighted by molar-refractivity contribution is 9.10. The molecular formula is C8H7BrClNS. The van der Waals surface area contributed by atoms with Crippen LogP contribution in [0.15, 0.2) is 22.7 Å². The Hall–Kier alpha value is -0.120. The Morgan fingerprint density at radius 2 is 2.25 bits per heavy atom. The SMILES string of the molecule is CC(=S)Nc1ccc(Cl)cc1Br. The fourth-order valence-corrected chi connectivity index (χ4v) is 1.67. The van der Waals surface area contributed by atoms with Gasteiger partial charge in [0.2, 0.25) is 0 Å². The first kappa shape index (κ1) is 9.96. The van der Waals surface area contributed by atoms with Gasteiger partial charge < -0.3 is 5.32 Å². The Morgan fingerprint density at radius 1 is 1.58 bits per heavy atom. The molecule has 0 atom stereocenters. The first-order valence-corrected chi connectivity index (χ1v) is 4.90. The Kier molecular flexibility index (Phi) is 3.50. The van der Waals surface area contributed by atoms with E-state index in [-0.39, 0.29) is 0 Å². The van der Waals surface area contributed by atoms with Crippen molar-refractivity contribution in [1.29, 1.82) is 0 Å². The van der Waals surface area contributed by atoms with Crippen LogP contribution < -0.4 is 5.32 Å². The van der Waals surface area contributed by atoms with Crippen molar-refractivity contribution in [3.05, 3.63) is 27.7 Å². The minimum Gasteiger partial charge on any atom is -0.349 e. The van der Waals surface area contributed by atoms with Crippen molar-refractivity contribution in [3.8, 4) is 0 Å². The number of rotatable bonds is 1. The fourth-order valence-electron chi connectivity index (χ4n) is 0.780. The van der Waals surface area contributed by atoms with Crippen molar-refractivity contribution in [3.63, 3.8) is 0 Å². The molecule has 0 aliphatic rings. The van der Waals surface area contributed by atoms with Gasteiger partial charge in [0.25, 0.3) is 0 Å². The lowest BCUT2D eigenvalue weighted by molar-refractivity contribution is 1.59. The first-order valence-electron chi connectivity index (χ1n) is 3.32. The molecule has 0 bridgehead atoms. The van der Waals surface area contributed by atoms with Crippen LogP contribution in [0.25, 0.3) is 0 Å². The summed E-state index contributed by atoms with van der Waals surface area (Å²) in [5, 5.41) is 3.73. The quantitative estimate of drug-likeness (QED) is 0.773. The smallest absolute Gasteiger partial charge is 0.0766 e. The molecule has 0 amide bonds. The molecule has 1 rings (SSSR count). The number of anilines is 1. The lowest BCUT2D eigenvalue weighted by Crippen LogP contribution is -2.03. The molecule has 1 nitrogen and oxygen atoms in total. The molecule has 1 aromatic rings. The maximum absolute atomic E-state index is 5.76. The Morgan fingerprint density at radius 3 is 2.75 bits per heavy atom. The van der Waals surface area contributed by atoms with Crippen LogP contribution in [-0.4, -0.2) is 4.99 Å². The second-order valence-electron chi connectivity index (χ2n) is 2.31. The molecule has 0 aliphatic carbocycles. The summed E-state index contributed by atoms with van der Waals surface area (Å²) in [6, 6.07) is 5.51. The van der Waals surface area contributed by atoms with E-state index in [1.54, 1.807) is 0 Å². The summed E-state index contributed by atoms with van der Waals surface area (Å²) in [5.74, 6) is 0. The molecule has 0 saturated carbocycles. The van der Waals surface area contributed by atoms with E-state index < -0.39 is 0 Å². The highest BCUT2D eigenvalue weighted by atomic mass is 79.9. The van der Waals surface area contributed by atoms with Crippen molar-refractivity contribution >= 4 is 50.4 Å². The molecule has 0 aromatic heterocycles. The molecule has 1 aromatic carbocycles. The van der Waals surface area contributed by atoms with Crippen LogP contribution >= 0.6 is 39.7 Å². The van der Waals surface area contributed by atoms with Gasteiger partial charge in [-0.05, 0) is 41.1 Å². The molecular weight excluding hydrogens is 258 g/mol. The largest absolute Gasteiger partial charge is 0.349 e. The molecule has 12 heavy (non-hydrogen) atoms. The highest BCUT2D eigenvalue weighted by Gasteiger charge is 1.99. The Bertz CT molecular complexity index is 314. The third kappa shape index (κ3) is 2.73. The monoisotopic (exact) mass is 263 g/mol. The average molecular weight is 265 g/mol. The summed E-state index contributed by atoms with van der Waals surface area (Å²) in [6.07, 6.45) is 0. The molecule has 0 aliphatic heterocycles. The number of hydrogen-bond acceptors (Lipinski definition) is 1. The number of benzene rings is 1. The number of nitrogens with one attached hydrogen (secondary N) is 1. The van der Waals surface area contributed by atoms with Gasteiger partial charge in [-0.15, -0.1) is 0 Å². The van der Waals surface area contributed by atoms with Gasteiger partial charge in [0.05, 0.1) is 10.7 Å². The van der Waals surface area contributed by atoms with Crippen LogP contribution in [-0.2, 0) is 0 Å². The van der Waals surface area contributed by atoms with Crippen molar-refractivity contribution in [2.24, 2.45) is 0 Å². The van der Waals surface area contributed by atoms with Gasteiger partial charge in [-0.3, -0.25) is 0 Å². The van der Waals surface area contributed by atoms with Gasteiger partial charge in [0.15, 0.2) is 0 Å². The molecule has 0 unspecified atom stereocenters. The Labute approximate surface area is 90.2 Å². The van der Waals surface area contributed by atoms with E-state index >= 15 is 0 Å². The molecule has 1 N–H and O–H groups in total. The summed E-state index contributed by atoms with van der Waals surface area (Å²) >= 11 is 14.0. The first-order chi connectivity index (χ1) is 5.59. The maximum atomic E-state index is 5.76. The third-order valence-electron chi connectivity index (χ3n) is 1.24. The third-order valence-corrected chi connectivity index (χ3v) is 2.24. The zero-order valence-corrected chi connectivity index (χ0v) is 9.55. The van der Waals surface area contributed by atoms with Crippen LogP contribution in [0.1, 0.15) is 6.92 Å². The molecule has 0 saturated heterocycles. The van der Waals surface area contributed by atoms with Crippen molar-refractivity contribution < 1.29 is 0 Å². The fraction of sp³-hybridized carbons (Fsp3) is 0.125. The zero-order chi connectivity index (χ0) is 9.14. The van der Waals surface area contributed by atoms with E-state index in [4.69, 9.17) is 23.8 Å². The van der Waals surface area contributed by atoms with Crippen LogP contribution in [0.2, 0.25) is 5.02 Å². The summed E-state index contributed by atoms with van der Waals surface area (Å²) in [6.45, 7) is 1.83. The van der Waals surface area contributed by atoms with E-state index in [1.165, 1.54) is 0 Å². The number of halogens is 2. The molecule has 0 fully saturated rings. The van der Waals surface area contributed by atoms with E-state index in [0.29, 0.717) is 5.02 Å². The van der Waals surface area contributed by atoms with Crippen LogP contribution in [0.4, 0.5) is 5.69 Å². The predicted molar refractivity (Wildman–Crippen MR) is 61.0 cm³/mol. The van der Waals surface area contributed by atoms with Gasteiger partial charge in [0, 0.05) is 9.50 Å². The van der Waals surface area contributed by atoms with E-state index in [0.717, 1.165) is 15.1 Å². The van der Waals surface area contributed by atoms with Gasteiger partial charge >= 0.3 is 0 Å². The van der Waals surface area contributed by atoms with E-state index in [2.05, 4.69) is 21.2 Å². The van der Waals surface area contributed by atoms with Crippen molar-refractivity contribution in [2.45, 2.75) is 6.92 Å². The maximum Gasteiger partial charge on any atom is 0.0766 e. The molecule has 0 heterocycles. The summed E-state index contributed by atoms with van der Waals surface area (Å²) < 4.78 is 0.916. The van der Waals surface area contributed by atoms with Crippen LogP contribution in [0.3, 0.4) is 0 Å². The van der Waals surface area contributed by atoms with E-state index in [1.807, 2.05) is 25.1 Å². The minimum absolute atomic E-state index is 0.703. The summed E-state index contributed by atoms with van der Waals surface area (Å²) in [4.78, 5) is 0.734. The molecule has 0 radical (unpaired) electrons. The number of thiocarbonyl (C=S) groups is 1. The van der Waals surface area contributed by atoms with Crippen LogP contribution in [0, 0.1) is 0 Å². The van der Waals surface area contributed by atoms with Crippen molar-refractivity contribution in [1.82, 2.24) is 0 Å².